The van der Waals surface area contributed by atoms with Crippen molar-refractivity contribution >= 4 is 5.91 Å². The molecule has 1 aromatic rings. The highest BCUT2D eigenvalue weighted by molar-refractivity contribution is 5.90. The van der Waals surface area contributed by atoms with Crippen molar-refractivity contribution in [3.63, 3.8) is 0 Å². The first-order chi connectivity index (χ1) is 6.13. The summed E-state index contributed by atoms with van der Waals surface area (Å²) in [5.41, 5.74) is 0. The number of aromatic amines is 1. The zero-order chi connectivity index (χ0) is 9.84. The lowest BCUT2D eigenvalue weighted by Crippen LogP contribution is -2.35. The minimum absolute atomic E-state index is 0.0952. The van der Waals surface area contributed by atoms with Crippen molar-refractivity contribution in [2.45, 2.75) is 19.9 Å². The molecule has 0 saturated carbocycles. The van der Waals surface area contributed by atoms with Crippen LogP contribution in [0.1, 0.15) is 23.4 Å². The van der Waals surface area contributed by atoms with Gasteiger partial charge < -0.3 is 10.4 Å². The zero-order valence-corrected chi connectivity index (χ0v) is 7.53. The number of carbonyl (C=O) groups is 1. The molecule has 0 aliphatic carbocycles. The summed E-state index contributed by atoms with van der Waals surface area (Å²) >= 11 is 0. The van der Waals surface area contributed by atoms with Crippen LogP contribution in [0.3, 0.4) is 0 Å². The average molecular weight is 184 g/mol. The van der Waals surface area contributed by atoms with E-state index in [9.17, 15) is 4.79 Å². The quantitative estimate of drug-likeness (QED) is 0.575. The number of H-pyrrole nitrogens is 1. The summed E-state index contributed by atoms with van der Waals surface area (Å²) in [6.07, 6.45) is 0. The molecule has 0 aliphatic heterocycles. The second kappa shape index (κ2) is 3.99. The topological polar surface area (TPSA) is 90.9 Å². The van der Waals surface area contributed by atoms with E-state index in [1.807, 2.05) is 0 Å². The van der Waals surface area contributed by atoms with E-state index in [1.165, 1.54) is 0 Å². The molecule has 0 bridgehead atoms. The third kappa shape index (κ3) is 2.51. The smallest absolute Gasteiger partial charge is 0.291 e. The number of aryl methyl sites for hydroxylation is 1. The Kier molecular flexibility index (Phi) is 2.97. The van der Waals surface area contributed by atoms with Gasteiger partial charge in [-0.2, -0.15) is 0 Å². The number of rotatable bonds is 3. The van der Waals surface area contributed by atoms with Crippen LogP contribution < -0.4 is 5.32 Å². The summed E-state index contributed by atoms with van der Waals surface area (Å²) in [6.45, 7) is 3.30. The predicted octanol–water partition coefficient (Wildman–Crippen LogP) is -0.776. The maximum Gasteiger partial charge on any atom is 0.291 e. The second-order valence-corrected chi connectivity index (χ2v) is 2.80. The van der Waals surface area contributed by atoms with Crippen LogP contribution in [0.5, 0.6) is 0 Å². The van der Waals surface area contributed by atoms with Gasteiger partial charge in [0.05, 0.1) is 6.61 Å². The van der Waals surface area contributed by atoms with Gasteiger partial charge in [-0.1, -0.05) is 0 Å². The Labute approximate surface area is 75.4 Å². The lowest BCUT2D eigenvalue weighted by atomic mass is 10.3. The van der Waals surface area contributed by atoms with Crippen molar-refractivity contribution in [1.82, 2.24) is 20.5 Å². The van der Waals surface area contributed by atoms with Gasteiger partial charge in [0.2, 0.25) is 5.82 Å². The number of aliphatic hydroxyl groups is 1. The van der Waals surface area contributed by atoms with Gasteiger partial charge >= 0.3 is 0 Å². The maximum atomic E-state index is 11.3. The third-order valence-electron chi connectivity index (χ3n) is 1.45. The van der Waals surface area contributed by atoms with E-state index in [-0.39, 0.29) is 24.4 Å². The summed E-state index contributed by atoms with van der Waals surface area (Å²) in [7, 11) is 0. The molecule has 1 atom stereocenters. The fraction of sp³-hybridized carbons (Fsp3) is 0.571. The van der Waals surface area contributed by atoms with Gasteiger partial charge in [0, 0.05) is 6.04 Å². The number of carbonyl (C=O) groups excluding carboxylic acids is 1. The van der Waals surface area contributed by atoms with Gasteiger partial charge in [-0.25, -0.2) is 4.98 Å². The van der Waals surface area contributed by atoms with E-state index >= 15 is 0 Å². The molecule has 0 aromatic carbocycles. The standard InChI is InChI=1S/C7H12N4O2/c1-4(3-12)8-7(13)6-9-5(2)10-11-6/h4,12H,3H2,1-2H3,(H,8,13)(H,9,10,11)/t4-/m1/s1. The van der Waals surface area contributed by atoms with Gasteiger partial charge in [-0.05, 0) is 13.8 Å². The molecule has 0 spiro atoms. The highest BCUT2D eigenvalue weighted by atomic mass is 16.3. The fourth-order valence-corrected chi connectivity index (χ4v) is 0.778. The number of hydrogen-bond donors (Lipinski definition) is 3. The summed E-state index contributed by atoms with van der Waals surface area (Å²) in [5, 5.41) is 17.4. The molecule has 0 fully saturated rings. The molecule has 3 N–H and O–H groups in total. The normalized spacial score (nSPS) is 12.5. The first-order valence-corrected chi connectivity index (χ1v) is 3.94. The fourth-order valence-electron chi connectivity index (χ4n) is 0.778. The van der Waals surface area contributed by atoms with E-state index in [1.54, 1.807) is 13.8 Å². The molecular formula is C7H12N4O2. The second-order valence-electron chi connectivity index (χ2n) is 2.80. The Balaban J connectivity index is 2.58. The van der Waals surface area contributed by atoms with Crippen LogP contribution in [-0.2, 0) is 0 Å². The molecule has 13 heavy (non-hydrogen) atoms. The number of aliphatic hydroxyl groups excluding tert-OH is 1. The van der Waals surface area contributed by atoms with Crippen molar-refractivity contribution in [1.29, 1.82) is 0 Å². The van der Waals surface area contributed by atoms with E-state index in [4.69, 9.17) is 5.11 Å². The molecule has 72 valence electrons. The van der Waals surface area contributed by atoms with Crippen LogP contribution in [0.25, 0.3) is 0 Å². The van der Waals surface area contributed by atoms with Gasteiger partial charge in [0.1, 0.15) is 5.82 Å². The molecular weight excluding hydrogens is 172 g/mol. The number of nitrogens with one attached hydrogen (secondary N) is 2. The van der Waals surface area contributed by atoms with Gasteiger partial charge in [-0.15, -0.1) is 5.10 Å². The van der Waals surface area contributed by atoms with E-state index in [0.29, 0.717) is 5.82 Å². The van der Waals surface area contributed by atoms with Crippen LogP contribution in [-0.4, -0.2) is 38.8 Å². The maximum absolute atomic E-state index is 11.3. The Bertz CT molecular complexity index is 296. The molecule has 1 heterocycles. The van der Waals surface area contributed by atoms with Crippen molar-refractivity contribution < 1.29 is 9.90 Å². The van der Waals surface area contributed by atoms with Crippen molar-refractivity contribution in [3.8, 4) is 0 Å². The lowest BCUT2D eigenvalue weighted by molar-refractivity contribution is 0.0912. The molecule has 1 amide bonds. The van der Waals surface area contributed by atoms with Gasteiger partial charge in [0.25, 0.3) is 5.91 Å². The van der Waals surface area contributed by atoms with Crippen molar-refractivity contribution in [3.05, 3.63) is 11.6 Å². The summed E-state index contributed by atoms with van der Waals surface area (Å²) in [6, 6.07) is -0.286. The minimum Gasteiger partial charge on any atom is -0.394 e. The number of amides is 1. The Morgan fingerprint density at radius 2 is 2.46 bits per heavy atom. The SMILES string of the molecule is Cc1nc(C(=O)N[C@H](C)CO)n[nH]1. The summed E-state index contributed by atoms with van der Waals surface area (Å²) in [5.74, 6) is 0.297. The molecule has 0 unspecified atom stereocenters. The number of nitrogens with zero attached hydrogens (tertiary/aromatic N) is 2. The zero-order valence-electron chi connectivity index (χ0n) is 7.53. The number of hydrogen-bond acceptors (Lipinski definition) is 4. The predicted molar refractivity (Wildman–Crippen MR) is 45.1 cm³/mol. The molecule has 0 saturated heterocycles. The highest BCUT2D eigenvalue weighted by Gasteiger charge is 2.12. The largest absolute Gasteiger partial charge is 0.394 e. The lowest BCUT2D eigenvalue weighted by Gasteiger charge is -2.07. The van der Waals surface area contributed by atoms with Gasteiger partial charge in [-0.3, -0.25) is 9.89 Å². The third-order valence-corrected chi connectivity index (χ3v) is 1.45. The van der Waals surface area contributed by atoms with Gasteiger partial charge in [0.15, 0.2) is 0 Å². The Morgan fingerprint density at radius 3 is 2.92 bits per heavy atom. The van der Waals surface area contributed by atoms with E-state index in [0.717, 1.165) is 0 Å². The highest BCUT2D eigenvalue weighted by Crippen LogP contribution is 1.91. The van der Waals surface area contributed by atoms with Crippen LogP contribution in [0.2, 0.25) is 0 Å². The Morgan fingerprint density at radius 1 is 1.77 bits per heavy atom. The number of aromatic nitrogens is 3. The van der Waals surface area contributed by atoms with Crippen molar-refractivity contribution in [2.75, 3.05) is 6.61 Å². The molecule has 0 aliphatic rings. The molecule has 1 rings (SSSR count). The molecule has 0 radical (unpaired) electrons. The van der Waals surface area contributed by atoms with Crippen LogP contribution in [0.15, 0.2) is 0 Å². The monoisotopic (exact) mass is 184 g/mol. The van der Waals surface area contributed by atoms with E-state index in [2.05, 4.69) is 20.5 Å². The Hall–Kier alpha value is -1.43. The molecule has 6 nitrogen and oxygen atoms in total. The van der Waals surface area contributed by atoms with Crippen LogP contribution in [0.4, 0.5) is 0 Å². The minimum atomic E-state index is -0.383. The summed E-state index contributed by atoms with van der Waals surface area (Å²) in [4.78, 5) is 15.1. The molecule has 1 aromatic heterocycles. The first kappa shape index (κ1) is 9.66. The van der Waals surface area contributed by atoms with Crippen LogP contribution >= 0.6 is 0 Å². The summed E-state index contributed by atoms with van der Waals surface area (Å²) < 4.78 is 0. The van der Waals surface area contributed by atoms with Crippen molar-refractivity contribution in [2.24, 2.45) is 0 Å². The van der Waals surface area contributed by atoms with E-state index < -0.39 is 0 Å². The first-order valence-electron chi connectivity index (χ1n) is 3.94. The van der Waals surface area contributed by atoms with Crippen LogP contribution in [0, 0.1) is 6.92 Å². The molecule has 6 heteroatoms. The average Bonchev–Trinajstić information content (AvgIpc) is 2.51.